The van der Waals surface area contributed by atoms with Crippen LogP contribution in [0.3, 0.4) is 0 Å². The van der Waals surface area contributed by atoms with Gasteiger partial charge in [-0.25, -0.2) is 4.79 Å². The number of esters is 1. The Hall–Kier alpha value is -1.87. The average Bonchev–Trinajstić information content (AvgIpc) is 2.88. The zero-order chi connectivity index (χ0) is 13.7. The number of thiophene rings is 1. The second-order valence-corrected chi connectivity index (χ2v) is 5.23. The number of aryl methyl sites for hydroxylation is 1. The fourth-order valence-electron chi connectivity index (χ4n) is 1.70. The smallest absolute Gasteiger partial charge is 0.335 e. The Kier molecular flexibility index (Phi) is 4.53. The zero-order valence-electron chi connectivity index (χ0n) is 11.1. The number of carbonyl (C=O) groups is 1. The molecule has 1 aromatic carbocycles. The largest absolute Gasteiger partial charge is 0.423 e. The minimum atomic E-state index is -0.348. The van der Waals surface area contributed by atoms with Gasteiger partial charge >= 0.3 is 5.97 Å². The number of ether oxygens (including phenoxy) is 1. The minimum Gasteiger partial charge on any atom is -0.423 e. The van der Waals surface area contributed by atoms with Crippen molar-refractivity contribution in [1.82, 2.24) is 0 Å². The van der Waals surface area contributed by atoms with Gasteiger partial charge in [0, 0.05) is 15.8 Å². The summed E-state index contributed by atoms with van der Waals surface area (Å²) in [5.41, 5.74) is 1.15. The fraction of sp³-hybridized carbons (Fsp3) is 0.188. The van der Waals surface area contributed by atoms with Crippen molar-refractivity contribution in [3.8, 4) is 16.2 Å². The predicted octanol–water partition coefficient (Wildman–Crippen LogP) is 4.46. The molecular formula is C16H16O2S. The quantitative estimate of drug-likeness (QED) is 0.466. The molecule has 0 unspecified atom stereocenters. The molecule has 3 heteroatoms. The van der Waals surface area contributed by atoms with Gasteiger partial charge in [0.15, 0.2) is 0 Å². The van der Waals surface area contributed by atoms with E-state index < -0.39 is 0 Å². The molecule has 0 aliphatic carbocycles. The van der Waals surface area contributed by atoms with Crippen LogP contribution in [0.5, 0.6) is 5.75 Å². The molecule has 0 atom stereocenters. The average molecular weight is 272 g/mol. The summed E-state index contributed by atoms with van der Waals surface area (Å²) in [4.78, 5) is 13.9. The summed E-state index contributed by atoms with van der Waals surface area (Å²) in [6.45, 7) is 3.94. The van der Waals surface area contributed by atoms with Crippen molar-refractivity contribution in [1.29, 1.82) is 0 Å². The third-order valence-electron chi connectivity index (χ3n) is 2.67. The number of allylic oxidation sites excluding steroid dienone is 1. The van der Waals surface area contributed by atoms with Gasteiger partial charge in [0.05, 0.1) is 0 Å². The van der Waals surface area contributed by atoms with Crippen LogP contribution in [0.4, 0.5) is 0 Å². The molecule has 2 rings (SSSR count). The molecular weight excluding hydrogens is 256 g/mol. The van der Waals surface area contributed by atoms with Gasteiger partial charge in [-0.3, -0.25) is 0 Å². The van der Waals surface area contributed by atoms with Crippen LogP contribution in [0.2, 0.25) is 0 Å². The maximum atomic E-state index is 11.3. The molecule has 98 valence electrons. The second kappa shape index (κ2) is 6.34. The molecule has 1 aromatic heterocycles. The van der Waals surface area contributed by atoms with Crippen LogP contribution < -0.4 is 4.74 Å². The lowest BCUT2D eigenvalue weighted by Gasteiger charge is -2.02. The third kappa shape index (κ3) is 3.55. The van der Waals surface area contributed by atoms with Gasteiger partial charge in [0.25, 0.3) is 0 Å². The van der Waals surface area contributed by atoms with Gasteiger partial charge in [-0.1, -0.05) is 13.0 Å². The molecule has 0 saturated carbocycles. The Balaban J connectivity index is 2.11. The lowest BCUT2D eigenvalue weighted by molar-refractivity contribution is -0.128. The highest BCUT2D eigenvalue weighted by Gasteiger charge is 2.04. The van der Waals surface area contributed by atoms with E-state index >= 15 is 0 Å². The highest BCUT2D eigenvalue weighted by molar-refractivity contribution is 7.15. The summed E-state index contributed by atoms with van der Waals surface area (Å²) in [7, 11) is 0. The first-order chi connectivity index (χ1) is 9.22. The monoisotopic (exact) mass is 272 g/mol. The topological polar surface area (TPSA) is 26.3 Å². The molecule has 0 aliphatic heterocycles. The van der Waals surface area contributed by atoms with Gasteiger partial charge in [0.1, 0.15) is 5.75 Å². The standard InChI is InChI=1S/C16H16O2S/c1-3-5-16(17)18-13-8-6-12(7-9-13)15-11-10-14(4-2)19-15/h3,5-11H,4H2,1-2H3/b5-3+. The molecule has 19 heavy (non-hydrogen) atoms. The highest BCUT2D eigenvalue weighted by Crippen LogP contribution is 2.29. The molecule has 0 radical (unpaired) electrons. The lowest BCUT2D eigenvalue weighted by atomic mass is 10.2. The summed E-state index contributed by atoms with van der Waals surface area (Å²) in [5, 5.41) is 0. The van der Waals surface area contributed by atoms with E-state index in [4.69, 9.17) is 4.74 Å². The summed E-state index contributed by atoms with van der Waals surface area (Å²) >= 11 is 1.79. The van der Waals surface area contributed by atoms with E-state index in [9.17, 15) is 4.79 Å². The van der Waals surface area contributed by atoms with Crippen LogP contribution in [-0.2, 0) is 11.2 Å². The normalized spacial score (nSPS) is 10.8. The van der Waals surface area contributed by atoms with Crippen molar-refractivity contribution in [2.75, 3.05) is 0 Å². The van der Waals surface area contributed by atoms with Gasteiger partial charge in [-0.05, 0) is 55.3 Å². The van der Waals surface area contributed by atoms with E-state index in [2.05, 4.69) is 19.1 Å². The van der Waals surface area contributed by atoms with E-state index in [1.165, 1.54) is 15.8 Å². The summed E-state index contributed by atoms with van der Waals surface area (Å²) < 4.78 is 5.15. The first-order valence-corrected chi connectivity index (χ1v) is 7.08. The number of hydrogen-bond donors (Lipinski definition) is 0. The summed E-state index contributed by atoms with van der Waals surface area (Å²) in [5.74, 6) is 0.221. The maximum Gasteiger partial charge on any atom is 0.335 e. The zero-order valence-corrected chi connectivity index (χ0v) is 11.9. The Morgan fingerprint density at radius 1 is 1.21 bits per heavy atom. The van der Waals surface area contributed by atoms with Crippen molar-refractivity contribution in [2.24, 2.45) is 0 Å². The SMILES string of the molecule is C/C=C/C(=O)Oc1ccc(-c2ccc(CC)s2)cc1. The molecule has 0 aliphatic rings. The van der Waals surface area contributed by atoms with E-state index in [0.717, 1.165) is 12.0 Å². The number of hydrogen-bond acceptors (Lipinski definition) is 3. The van der Waals surface area contributed by atoms with Gasteiger partial charge in [-0.2, -0.15) is 0 Å². The lowest BCUT2D eigenvalue weighted by Crippen LogP contribution is -2.03. The second-order valence-electron chi connectivity index (χ2n) is 4.06. The fourth-order valence-corrected chi connectivity index (χ4v) is 2.65. The maximum absolute atomic E-state index is 11.3. The number of benzene rings is 1. The molecule has 2 nitrogen and oxygen atoms in total. The summed E-state index contributed by atoms with van der Waals surface area (Å²) in [6.07, 6.45) is 4.12. The first kappa shape index (κ1) is 13.6. The molecule has 0 amide bonds. The van der Waals surface area contributed by atoms with Crippen LogP contribution in [0, 0.1) is 0 Å². The van der Waals surface area contributed by atoms with Crippen molar-refractivity contribution >= 4 is 17.3 Å². The Morgan fingerprint density at radius 2 is 1.95 bits per heavy atom. The van der Waals surface area contributed by atoms with Crippen molar-refractivity contribution in [2.45, 2.75) is 20.3 Å². The van der Waals surface area contributed by atoms with Gasteiger partial charge in [-0.15, -0.1) is 11.3 Å². The Morgan fingerprint density at radius 3 is 2.53 bits per heavy atom. The van der Waals surface area contributed by atoms with Gasteiger partial charge < -0.3 is 4.74 Å². The van der Waals surface area contributed by atoms with E-state index in [0.29, 0.717) is 5.75 Å². The first-order valence-electron chi connectivity index (χ1n) is 6.26. The molecule has 1 heterocycles. The minimum absolute atomic E-state index is 0.348. The van der Waals surface area contributed by atoms with E-state index in [1.54, 1.807) is 24.3 Å². The molecule has 0 saturated heterocycles. The molecule has 0 spiro atoms. The predicted molar refractivity (Wildman–Crippen MR) is 79.6 cm³/mol. The Labute approximate surface area is 117 Å². The Bertz CT molecular complexity index is 579. The summed E-state index contributed by atoms with van der Waals surface area (Å²) in [6, 6.07) is 11.9. The number of rotatable bonds is 4. The van der Waals surface area contributed by atoms with Crippen molar-refractivity contribution < 1.29 is 9.53 Å². The van der Waals surface area contributed by atoms with E-state index in [-0.39, 0.29) is 5.97 Å². The van der Waals surface area contributed by atoms with Crippen LogP contribution in [0.25, 0.3) is 10.4 Å². The van der Waals surface area contributed by atoms with Crippen LogP contribution in [0.15, 0.2) is 48.6 Å². The third-order valence-corrected chi connectivity index (χ3v) is 3.95. The van der Waals surface area contributed by atoms with Crippen LogP contribution >= 0.6 is 11.3 Å². The van der Waals surface area contributed by atoms with Crippen molar-refractivity contribution in [3.63, 3.8) is 0 Å². The molecule has 0 fully saturated rings. The molecule has 0 N–H and O–H groups in total. The van der Waals surface area contributed by atoms with Crippen LogP contribution in [0.1, 0.15) is 18.7 Å². The van der Waals surface area contributed by atoms with Crippen LogP contribution in [-0.4, -0.2) is 5.97 Å². The molecule has 0 bridgehead atoms. The highest BCUT2D eigenvalue weighted by atomic mass is 32.1. The van der Waals surface area contributed by atoms with Gasteiger partial charge in [0.2, 0.25) is 0 Å². The van der Waals surface area contributed by atoms with Crippen molar-refractivity contribution in [3.05, 3.63) is 53.4 Å². The molecule has 2 aromatic rings. The number of carbonyl (C=O) groups excluding carboxylic acids is 1. The van der Waals surface area contributed by atoms with E-state index in [1.807, 2.05) is 24.3 Å².